The van der Waals surface area contributed by atoms with Crippen LogP contribution in [0.15, 0.2) is 148 Å². The number of hydrogen-bond acceptors (Lipinski definition) is 16. The Balaban J connectivity index is 0.000000361. The van der Waals surface area contributed by atoms with Gasteiger partial charge in [-0.15, -0.1) is 0 Å². The van der Waals surface area contributed by atoms with Crippen LogP contribution in [0.4, 0.5) is 0 Å². The number of ether oxygens (including phenoxy) is 10. The van der Waals surface area contributed by atoms with Gasteiger partial charge < -0.3 is 47.4 Å². The molecule has 0 amide bonds. The first-order valence-electron chi connectivity index (χ1n) is 21.6. The van der Waals surface area contributed by atoms with Crippen molar-refractivity contribution in [2.24, 2.45) is 0 Å². The van der Waals surface area contributed by atoms with Gasteiger partial charge in [0.25, 0.3) is 0 Å². The van der Waals surface area contributed by atoms with Crippen molar-refractivity contribution in [2.75, 3.05) is 52.9 Å². The maximum Gasteiger partial charge on any atom is 0.343 e. The SMILES string of the molecule is C=CC(=O)OCCCCOc1ccc(OC(=O)c2ccc(OCCCCOC(=O)C=C)cc2)cc1.C=CC(=O)OCCCOc1ccc(OC(=O)c2ccc(OCCCOC(=O)C=C)cc2)cc1. The minimum absolute atomic E-state index is 0.240. The summed E-state index contributed by atoms with van der Waals surface area (Å²) in [5.41, 5.74) is 0.767. The van der Waals surface area contributed by atoms with Crippen molar-refractivity contribution in [2.45, 2.75) is 38.5 Å². The second-order valence-corrected chi connectivity index (χ2v) is 13.8. The van der Waals surface area contributed by atoms with Crippen molar-refractivity contribution in [3.8, 4) is 34.5 Å². The van der Waals surface area contributed by atoms with Crippen LogP contribution >= 0.6 is 0 Å². The zero-order valence-corrected chi connectivity index (χ0v) is 37.8. The van der Waals surface area contributed by atoms with Gasteiger partial charge in [-0.1, -0.05) is 26.3 Å². The number of carbonyl (C=O) groups is 6. The molecule has 16 heteroatoms. The molecule has 68 heavy (non-hydrogen) atoms. The molecular weight excluding hydrogens is 881 g/mol. The van der Waals surface area contributed by atoms with Crippen molar-refractivity contribution in [3.63, 3.8) is 0 Å². The Labute approximate surface area is 395 Å². The fourth-order valence-electron chi connectivity index (χ4n) is 5.13. The third-order valence-electron chi connectivity index (χ3n) is 8.62. The number of esters is 6. The Hall–Kier alpha value is -8.14. The molecule has 360 valence electrons. The van der Waals surface area contributed by atoms with Crippen LogP contribution in [0.3, 0.4) is 0 Å². The molecule has 0 atom stereocenters. The van der Waals surface area contributed by atoms with E-state index in [4.69, 9.17) is 47.4 Å². The van der Waals surface area contributed by atoms with Crippen molar-refractivity contribution in [1.29, 1.82) is 0 Å². The van der Waals surface area contributed by atoms with Crippen LogP contribution in [0.5, 0.6) is 34.5 Å². The molecule has 4 aromatic carbocycles. The Morgan fingerprint density at radius 1 is 0.309 bits per heavy atom. The third kappa shape index (κ3) is 23.2. The maximum atomic E-state index is 12.4. The van der Waals surface area contributed by atoms with Crippen molar-refractivity contribution in [3.05, 3.63) is 159 Å². The molecule has 0 saturated heterocycles. The lowest BCUT2D eigenvalue weighted by Gasteiger charge is -2.09. The minimum Gasteiger partial charge on any atom is -0.494 e. The summed E-state index contributed by atoms with van der Waals surface area (Å²) < 4.78 is 52.6. The van der Waals surface area contributed by atoms with Crippen LogP contribution in [0, 0.1) is 0 Å². The molecule has 0 fully saturated rings. The fourth-order valence-corrected chi connectivity index (χ4v) is 5.13. The highest BCUT2D eigenvalue weighted by atomic mass is 16.6. The molecule has 0 unspecified atom stereocenters. The average molecular weight is 937 g/mol. The van der Waals surface area contributed by atoms with Gasteiger partial charge in [-0.2, -0.15) is 0 Å². The summed E-state index contributed by atoms with van der Waals surface area (Å²) in [7, 11) is 0. The molecule has 0 saturated carbocycles. The van der Waals surface area contributed by atoms with E-state index in [0.29, 0.717) is 111 Å². The second-order valence-electron chi connectivity index (χ2n) is 13.8. The van der Waals surface area contributed by atoms with E-state index in [1.54, 1.807) is 97.1 Å². The summed E-state index contributed by atoms with van der Waals surface area (Å²) in [6.07, 6.45) is 8.37. The number of carbonyl (C=O) groups excluding carboxylic acids is 6. The summed E-state index contributed by atoms with van der Waals surface area (Å²) in [4.78, 5) is 68.5. The van der Waals surface area contributed by atoms with Crippen LogP contribution in [0.25, 0.3) is 0 Å². The summed E-state index contributed by atoms with van der Waals surface area (Å²) >= 11 is 0. The average Bonchev–Trinajstić information content (AvgIpc) is 3.36. The predicted molar refractivity (Wildman–Crippen MR) is 250 cm³/mol. The minimum atomic E-state index is -0.504. The highest BCUT2D eigenvalue weighted by Gasteiger charge is 2.11. The first-order valence-corrected chi connectivity index (χ1v) is 21.6. The topological polar surface area (TPSA) is 195 Å². The summed E-state index contributed by atoms with van der Waals surface area (Å²) in [6.45, 7) is 16.1. The number of hydrogen-bond donors (Lipinski definition) is 0. The molecule has 16 nitrogen and oxygen atoms in total. The van der Waals surface area contributed by atoms with E-state index >= 15 is 0 Å². The first-order chi connectivity index (χ1) is 33.0. The normalized spacial score (nSPS) is 10.0. The molecule has 0 aliphatic heterocycles. The van der Waals surface area contributed by atoms with Gasteiger partial charge in [0.2, 0.25) is 0 Å². The molecular formula is C52H56O16. The van der Waals surface area contributed by atoms with Gasteiger partial charge in [-0.25, -0.2) is 28.8 Å². The van der Waals surface area contributed by atoms with E-state index in [1.807, 2.05) is 0 Å². The van der Waals surface area contributed by atoms with Crippen molar-refractivity contribution < 1.29 is 76.1 Å². The van der Waals surface area contributed by atoms with E-state index in [-0.39, 0.29) is 13.2 Å². The van der Waals surface area contributed by atoms with Gasteiger partial charge in [0.1, 0.15) is 34.5 Å². The van der Waals surface area contributed by atoms with Crippen LogP contribution in [-0.4, -0.2) is 88.7 Å². The summed E-state index contributed by atoms with van der Waals surface area (Å²) in [6, 6.07) is 26.6. The molecule has 0 heterocycles. The number of benzene rings is 4. The fraction of sp³-hybridized carbons (Fsp3) is 0.269. The number of unbranched alkanes of at least 4 members (excludes halogenated alkanes) is 2. The lowest BCUT2D eigenvalue weighted by Crippen LogP contribution is -2.09. The highest BCUT2D eigenvalue weighted by Crippen LogP contribution is 2.22. The smallest absolute Gasteiger partial charge is 0.343 e. The van der Waals surface area contributed by atoms with Gasteiger partial charge in [0.05, 0.1) is 64.0 Å². The van der Waals surface area contributed by atoms with Gasteiger partial charge in [-0.05, 0) is 123 Å². The first kappa shape index (κ1) is 54.2. The zero-order chi connectivity index (χ0) is 49.2. The molecule has 0 radical (unpaired) electrons. The molecule has 0 spiro atoms. The second kappa shape index (κ2) is 32.5. The lowest BCUT2D eigenvalue weighted by atomic mass is 10.2. The molecule has 4 aromatic rings. The van der Waals surface area contributed by atoms with E-state index < -0.39 is 35.8 Å². The zero-order valence-electron chi connectivity index (χ0n) is 37.8. The molecule has 0 bridgehead atoms. The monoisotopic (exact) mass is 936 g/mol. The Bertz CT molecular complexity index is 2210. The van der Waals surface area contributed by atoms with E-state index in [1.165, 1.54) is 0 Å². The predicted octanol–water partition coefficient (Wildman–Crippen LogP) is 8.58. The molecule has 0 N–H and O–H groups in total. The molecule has 0 aromatic heterocycles. The van der Waals surface area contributed by atoms with Crippen LogP contribution in [0.1, 0.15) is 59.2 Å². The quantitative estimate of drug-likeness (QED) is 0.0158. The Morgan fingerprint density at radius 2 is 0.529 bits per heavy atom. The molecule has 4 rings (SSSR count). The maximum absolute atomic E-state index is 12.4. The summed E-state index contributed by atoms with van der Waals surface area (Å²) in [5.74, 6) is 0.451. The van der Waals surface area contributed by atoms with Gasteiger partial charge >= 0.3 is 35.8 Å². The van der Waals surface area contributed by atoms with Gasteiger partial charge in [-0.3, -0.25) is 0 Å². The van der Waals surface area contributed by atoms with Crippen LogP contribution in [-0.2, 0) is 38.1 Å². The van der Waals surface area contributed by atoms with Crippen molar-refractivity contribution in [1.82, 2.24) is 0 Å². The van der Waals surface area contributed by atoms with E-state index in [0.717, 1.165) is 37.1 Å². The Kier molecular flexibility index (Phi) is 25.9. The van der Waals surface area contributed by atoms with Crippen molar-refractivity contribution >= 4 is 35.8 Å². The van der Waals surface area contributed by atoms with E-state index in [9.17, 15) is 28.8 Å². The van der Waals surface area contributed by atoms with Gasteiger partial charge in [0.15, 0.2) is 0 Å². The van der Waals surface area contributed by atoms with E-state index in [2.05, 4.69) is 26.3 Å². The molecule has 0 aliphatic carbocycles. The van der Waals surface area contributed by atoms with Gasteiger partial charge in [0, 0.05) is 37.1 Å². The standard InChI is InChI=1S/C27H30O8.C25H26O8/c1-3-25(28)33-19-7-5-17-31-22-11-9-21(10-12-22)27(30)35-24-15-13-23(14-16-24)32-18-6-8-20-34-26(29)4-2;1-3-23(26)31-17-5-15-29-20-9-7-19(8-10-20)25(28)33-22-13-11-21(12-14-22)30-16-6-18-32-24(27)4-2/h3-4,9-16H,1-2,5-8,17-20H2;3-4,7-14H,1-2,5-6,15-18H2. The number of rotatable bonds is 30. The highest BCUT2D eigenvalue weighted by molar-refractivity contribution is 5.92. The lowest BCUT2D eigenvalue weighted by molar-refractivity contribution is -0.138. The Morgan fingerprint density at radius 3 is 0.809 bits per heavy atom. The molecule has 0 aliphatic rings. The van der Waals surface area contributed by atoms with Crippen LogP contribution in [0.2, 0.25) is 0 Å². The largest absolute Gasteiger partial charge is 0.494 e. The summed E-state index contributed by atoms with van der Waals surface area (Å²) in [5, 5.41) is 0. The third-order valence-corrected chi connectivity index (χ3v) is 8.62. The van der Waals surface area contributed by atoms with Crippen LogP contribution < -0.4 is 28.4 Å².